The fourth-order valence-electron chi connectivity index (χ4n) is 2.36. The van der Waals surface area contributed by atoms with Gasteiger partial charge in [-0.1, -0.05) is 18.2 Å². The molecule has 0 fully saturated rings. The van der Waals surface area contributed by atoms with Crippen molar-refractivity contribution < 1.29 is 19.0 Å². The Balaban J connectivity index is 1.58. The summed E-state index contributed by atoms with van der Waals surface area (Å²) >= 11 is 0. The highest BCUT2D eigenvalue weighted by molar-refractivity contribution is 5.90. The molecule has 0 aliphatic rings. The van der Waals surface area contributed by atoms with Crippen LogP contribution in [0.25, 0.3) is 0 Å². The smallest absolute Gasteiger partial charge is 0.263 e. The summed E-state index contributed by atoms with van der Waals surface area (Å²) in [7, 11) is 3.17. The van der Waals surface area contributed by atoms with Crippen molar-refractivity contribution >= 4 is 23.2 Å². The molecule has 8 nitrogen and oxygen atoms in total. The van der Waals surface area contributed by atoms with E-state index in [1.807, 2.05) is 18.2 Å². The van der Waals surface area contributed by atoms with Crippen LogP contribution in [0.3, 0.4) is 0 Å². The van der Waals surface area contributed by atoms with E-state index in [0.717, 1.165) is 0 Å². The van der Waals surface area contributed by atoms with E-state index in [4.69, 9.17) is 14.2 Å². The number of aromatic nitrogens is 2. The SMILES string of the molecule is COc1ccc(OC)c(Nc2ccc(NC(=O)COc3ccccc3)nn2)c1. The van der Waals surface area contributed by atoms with Gasteiger partial charge in [-0.25, -0.2) is 0 Å². The topological polar surface area (TPSA) is 94.6 Å². The van der Waals surface area contributed by atoms with Gasteiger partial charge in [-0.3, -0.25) is 4.79 Å². The Labute approximate surface area is 162 Å². The van der Waals surface area contributed by atoms with Crippen LogP contribution in [0, 0.1) is 0 Å². The van der Waals surface area contributed by atoms with E-state index >= 15 is 0 Å². The molecular formula is C20H20N4O4. The van der Waals surface area contributed by atoms with Crippen molar-refractivity contribution in [1.29, 1.82) is 0 Å². The van der Waals surface area contributed by atoms with Crippen LogP contribution in [0.4, 0.5) is 17.3 Å². The minimum absolute atomic E-state index is 0.118. The van der Waals surface area contributed by atoms with Gasteiger partial charge in [0.05, 0.1) is 19.9 Å². The molecule has 3 aromatic rings. The second-order valence-electron chi connectivity index (χ2n) is 5.64. The third-order valence-electron chi connectivity index (χ3n) is 3.71. The minimum Gasteiger partial charge on any atom is -0.497 e. The Morgan fingerprint density at radius 3 is 2.32 bits per heavy atom. The van der Waals surface area contributed by atoms with Crippen molar-refractivity contribution in [2.24, 2.45) is 0 Å². The van der Waals surface area contributed by atoms with Gasteiger partial charge in [0.2, 0.25) is 0 Å². The number of benzene rings is 2. The molecule has 1 aromatic heterocycles. The molecule has 144 valence electrons. The van der Waals surface area contributed by atoms with Crippen molar-refractivity contribution in [3.63, 3.8) is 0 Å². The zero-order chi connectivity index (χ0) is 19.8. The molecule has 2 N–H and O–H groups in total. The Morgan fingerprint density at radius 1 is 0.893 bits per heavy atom. The lowest BCUT2D eigenvalue weighted by molar-refractivity contribution is -0.118. The van der Waals surface area contributed by atoms with E-state index in [1.54, 1.807) is 56.7 Å². The molecule has 0 atom stereocenters. The van der Waals surface area contributed by atoms with Crippen LogP contribution in [-0.4, -0.2) is 36.9 Å². The number of amides is 1. The monoisotopic (exact) mass is 380 g/mol. The number of nitrogens with one attached hydrogen (secondary N) is 2. The highest BCUT2D eigenvalue weighted by atomic mass is 16.5. The number of para-hydroxylation sites is 1. The van der Waals surface area contributed by atoms with Gasteiger partial charge in [0.25, 0.3) is 5.91 Å². The quantitative estimate of drug-likeness (QED) is 0.619. The Kier molecular flexibility index (Phi) is 6.25. The molecule has 0 saturated heterocycles. The summed E-state index contributed by atoms with van der Waals surface area (Å²) in [4.78, 5) is 12.0. The summed E-state index contributed by atoms with van der Waals surface area (Å²) in [6.45, 7) is -0.118. The summed E-state index contributed by atoms with van der Waals surface area (Å²) in [5.74, 6) is 2.43. The summed E-state index contributed by atoms with van der Waals surface area (Å²) in [6.07, 6.45) is 0. The van der Waals surface area contributed by atoms with Crippen LogP contribution in [0.15, 0.2) is 60.7 Å². The number of hydrogen-bond acceptors (Lipinski definition) is 7. The second-order valence-corrected chi connectivity index (χ2v) is 5.64. The maximum atomic E-state index is 12.0. The lowest BCUT2D eigenvalue weighted by Gasteiger charge is -2.12. The third-order valence-corrected chi connectivity index (χ3v) is 3.71. The zero-order valence-corrected chi connectivity index (χ0v) is 15.5. The minimum atomic E-state index is -0.326. The van der Waals surface area contributed by atoms with E-state index in [2.05, 4.69) is 20.8 Å². The number of carbonyl (C=O) groups is 1. The molecule has 8 heteroatoms. The van der Waals surface area contributed by atoms with Crippen LogP contribution in [-0.2, 0) is 4.79 Å². The van der Waals surface area contributed by atoms with Gasteiger partial charge in [0.1, 0.15) is 17.2 Å². The molecule has 1 heterocycles. The van der Waals surface area contributed by atoms with E-state index in [-0.39, 0.29) is 12.5 Å². The predicted octanol–water partition coefficient (Wildman–Crippen LogP) is 3.25. The number of nitrogens with zero attached hydrogens (tertiary/aromatic N) is 2. The van der Waals surface area contributed by atoms with Crippen LogP contribution in [0.5, 0.6) is 17.2 Å². The van der Waals surface area contributed by atoms with Crippen LogP contribution in [0.1, 0.15) is 0 Å². The first kappa shape index (κ1) is 19.0. The molecule has 0 bridgehead atoms. The van der Waals surface area contributed by atoms with E-state index in [0.29, 0.717) is 34.6 Å². The Hall–Kier alpha value is -3.81. The summed E-state index contributed by atoms with van der Waals surface area (Å²) < 4.78 is 15.9. The standard InChI is InChI=1S/C20H20N4O4/c1-26-15-8-9-17(27-2)16(12-15)21-18-10-11-19(24-23-18)22-20(25)13-28-14-6-4-3-5-7-14/h3-12H,13H2,1-2H3,(H,21,23)(H,22,24,25). The largest absolute Gasteiger partial charge is 0.497 e. The molecule has 1 amide bonds. The Bertz CT molecular complexity index is 917. The average molecular weight is 380 g/mol. The average Bonchev–Trinajstić information content (AvgIpc) is 2.74. The van der Waals surface area contributed by atoms with Crippen molar-refractivity contribution in [1.82, 2.24) is 10.2 Å². The van der Waals surface area contributed by atoms with Crippen LogP contribution in [0.2, 0.25) is 0 Å². The number of anilines is 3. The molecule has 0 unspecified atom stereocenters. The first-order valence-corrected chi connectivity index (χ1v) is 8.48. The number of hydrogen-bond donors (Lipinski definition) is 2. The number of methoxy groups -OCH3 is 2. The molecule has 0 spiro atoms. The van der Waals surface area contributed by atoms with Gasteiger partial charge in [0, 0.05) is 6.07 Å². The summed E-state index contributed by atoms with van der Waals surface area (Å²) in [5.41, 5.74) is 0.684. The molecule has 2 aromatic carbocycles. The maximum Gasteiger partial charge on any atom is 0.263 e. The van der Waals surface area contributed by atoms with Crippen LogP contribution >= 0.6 is 0 Å². The molecular weight excluding hydrogens is 360 g/mol. The lowest BCUT2D eigenvalue weighted by atomic mass is 10.2. The van der Waals surface area contributed by atoms with Crippen LogP contribution < -0.4 is 24.8 Å². The normalized spacial score (nSPS) is 10.1. The fourth-order valence-corrected chi connectivity index (χ4v) is 2.36. The first-order valence-electron chi connectivity index (χ1n) is 8.48. The maximum absolute atomic E-state index is 12.0. The van der Waals surface area contributed by atoms with Gasteiger partial charge >= 0.3 is 0 Å². The Morgan fingerprint density at radius 2 is 1.64 bits per heavy atom. The van der Waals surface area contributed by atoms with Crippen molar-refractivity contribution in [3.8, 4) is 17.2 Å². The summed E-state index contributed by atoms with van der Waals surface area (Å²) in [6, 6.07) is 17.8. The first-order chi connectivity index (χ1) is 13.7. The van der Waals surface area contributed by atoms with Gasteiger partial charge in [0.15, 0.2) is 18.2 Å². The molecule has 0 aliphatic heterocycles. The fraction of sp³-hybridized carbons (Fsp3) is 0.150. The zero-order valence-electron chi connectivity index (χ0n) is 15.5. The van der Waals surface area contributed by atoms with Gasteiger partial charge in [-0.2, -0.15) is 0 Å². The molecule has 0 radical (unpaired) electrons. The summed E-state index contributed by atoms with van der Waals surface area (Å²) in [5, 5.41) is 13.8. The molecule has 3 rings (SSSR count). The van der Waals surface area contributed by atoms with E-state index in [9.17, 15) is 4.79 Å². The highest BCUT2D eigenvalue weighted by Crippen LogP contribution is 2.30. The van der Waals surface area contributed by atoms with E-state index in [1.165, 1.54) is 0 Å². The van der Waals surface area contributed by atoms with Gasteiger partial charge < -0.3 is 24.8 Å². The number of rotatable bonds is 8. The molecule has 0 aliphatic carbocycles. The van der Waals surface area contributed by atoms with Gasteiger partial charge in [-0.15, -0.1) is 10.2 Å². The lowest BCUT2D eigenvalue weighted by Crippen LogP contribution is -2.21. The highest BCUT2D eigenvalue weighted by Gasteiger charge is 2.08. The van der Waals surface area contributed by atoms with Gasteiger partial charge in [-0.05, 0) is 36.4 Å². The second kappa shape index (κ2) is 9.22. The number of ether oxygens (including phenoxy) is 3. The molecule has 0 saturated carbocycles. The molecule has 28 heavy (non-hydrogen) atoms. The predicted molar refractivity (Wildman–Crippen MR) is 105 cm³/mol. The van der Waals surface area contributed by atoms with E-state index < -0.39 is 0 Å². The van der Waals surface area contributed by atoms with Crippen molar-refractivity contribution in [2.45, 2.75) is 0 Å². The third kappa shape index (κ3) is 5.10. The van der Waals surface area contributed by atoms with Crippen molar-refractivity contribution in [2.75, 3.05) is 31.5 Å². The van der Waals surface area contributed by atoms with Crippen molar-refractivity contribution in [3.05, 3.63) is 60.7 Å². The number of carbonyl (C=O) groups excluding carboxylic acids is 1.